The highest BCUT2D eigenvalue weighted by Crippen LogP contribution is 2.22. The fourth-order valence-electron chi connectivity index (χ4n) is 2.70. The molecule has 1 aromatic carbocycles. The number of benzene rings is 1. The molecule has 0 unspecified atom stereocenters. The smallest absolute Gasteiger partial charge is 0.185 e. The van der Waals surface area contributed by atoms with Crippen LogP contribution in [0.1, 0.15) is 56.1 Å². The van der Waals surface area contributed by atoms with E-state index in [4.69, 9.17) is 4.42 Å². The van der Waals surface area contributed by atoms with Gasteiger partial charge in [0.2, 0.25) is 0 Å². The van der Waals surface area contributed by atoms with E-state index in [0.29, 0.717) is 10.7 Å². The summed E-state index contributed by atoms with van der Waals surface area (Å²) >= 11 is 0. The summed E-state index contributed by atoms with van der Waals surface area (Å²) in [4.78, 5) is 0.343. The van der Waals surface area contributed by atoms with Gasteiger partial charge in [-0.25, -0.2) is 8.42 Å². The molecule has 0 N–H and O–H groups in total. The summed E-state index contributed by atoms with van der Waals surface area (Å²) in [6.07, 6.45) is 6.95. The highest BCUT2D eigenvalue weighted by molar-refractivity contribution is 7.90. The van der Waals surface area contributed by atoms with Gasteiger partial charge in [0.15, 0.2) is 9.84 Å². The third-order valence-corrected chi connectivity index (χ3v) is 5.67. The Balaban J connectivity index is 1.98. The molecule has 126 valence electrons. The van der Waals surface area contributed by atoms with Gasteiger partial charge in [-0.2, -0.15) is 0 Å². The summed E-state index contributed by atoms with van der Waals surface area (Å²) in [5.41, 5.74) is 1.05. The standard InChI is InChI=1S/C19H26O3S/c1-3-4-5-6-10-13-19-16(2)14-17(22-19)15-23(20,21)18-11-8-7-9-12-18/h7-9,11-12,14H,3-6,10,13,15H2,1-2H3. The second-order valence-corrected chi connectivity index (χ2v) is 8.04. The molecule has 3 nitrogen and oxygen atoms in total. The zero-order chi connectivity index (χ0) is 16.7. The predicted molar refractivity (Wildman–Crippen MR) is 93.2 cm³/mol. The Morgan fingerprint density at radius 3 is 2.39 bits per heavy atom. The van der Waals surface area contributed by atoms with E-state index in [-0.39, 0.29) is 5.75 Å². The first-order valence-corrected chi connectivity index (χ1v) is 10.0. The SMILES string of the molecule is CCCCCCCc1oc(CS(=O)(=O)c2ccccc2)cc1C. The molecule has 4 heteroatoms. The Labute approximate surface area is 139 Å². The number of sulfone groups is 1. The maximum Gasteiger partial charge on any atom is 0.185 e. The minimum absolute atomic E-state index is 0.0757. The summed E-state index contributed by atoms with van der Waals surface area (Å²) in [5, 5.41) is 0. The van der Waals surface area contributed by atoms with Crippen molar-refractivity contribution in [3.05, 3.63) is 53.5 Å². The number of aryl methyl sites for hydroxylation is 2. The van der Waals surface area contributed by atoms with Crippen LogP contribution < -0.4 is 0 Å². The minimum Gasteiger partial charge on any atom is -0.465 e. The number of hydrogen-bond donors (Lipinski definition) is 0. The van der Waals surface area contributed by atoms with E-state index in [2.05, 4.69) is 6.92 Å². The maximum atomic E-state index is 12.4. The third-order valence-electron chi connectivity index (χ3n) is 4.01. The van der Waals surface area contributed by atoms with E-state index in [1.54, 1.807) is 24.3 Å². The van der Waals surface area contributed by atoms with E-state index in [0.717, 1.165) is 24.2 Å². The molecule has 2 rings (SSSR count). The summed E-state index contributed by atoms with van der Waals surface area (Å²) in [5.74, 6) is 1.39. The molecule has 2 aromatic rings. The highest BCUT2D eigenvalue weighted by Gasteiger charge is 2.18. The maximum absolute atomic E-state index is 12.4. The van der Waals surface area contributed by atoms with Crippen LogP contribution in [0, 0.1) is 6.92 Å². The Hall–Kier alpha value is -1.55. The second kappa shape index (κ2) is 8.34. The Morgan fingerprint density at radius 1 is 1.00 bits per heavy atom. The average Bonchev–Trinajstić information content (AvgIpc) is 2.87. The summed E-state index contributed by atoms with van der Waals surface area (Å²) in [7, 11) is -3.34. The van der Waals surface area contributed by atoms with Crippen molar-refractivity contribution in [1.29, 1.82) is 0 Å². The zero-order valence-corrected chi connectivity index (χ0v) is 14.9. The molecule has 0 fully saturated rings. The van der Waals surface area contributed by atoms with Gasteiger partial charge in [0.1, 0.15) is 17.3 Å². The highest BCUT2D eigenvalue weighted by atomic mass is 32.2. The van der Waals surface area contributed by atoms with Crippen LogP contribution >= 0.6 is 0 Å². The molecule has 0 aliphatic carbocycles. The van der Waals surface area contributed by atoms with Gasteiger partial charge >= 0.3 is 0 Å². The van der Waals surface area contributed by atoms with Crippen molar-refractivity contribution in [2.75, 3.05) is 0 Å². The second-order valence-electron chi connectivity index (χ2n) is 6.06. The largest absolute Gasteiger partial charge is 0.465 e. The summed E-state index contributed by atoms with van der Waals surface area (Å²) in [6, 6.07) is 10.4. The van der Waals surface area contributed by atoms with Gasteiger partial charge in [-0.15, -0.1) is 0 Å². The van der Waals surface area contributed by atoms with Crippen LogP contribution in [0.5, 0.6) is 0 Å². The molecule has 1 heterocycles. The quantitative estimate of drug-likeness (QED) is 0.601. The van der Waals surface area contributed by atoms with Crippen molar-refractivity contribution >= 4 is 9.84 Å². The lowest BCUT2D eigenvalue weighted by molar-refractivity contribution is 0.462. The number of unbranched alkanes of at least 4 members (excludes halogenated alkanes) is 4. The van der Waals surface area contributed by atoms with Crippen LogP contribution in [0.4, 0.5) is 0 Å². The summed E-state index contributed by atoms with van der Waals surface area (Å²) < 4.78 is 30.6. The molecule has 0 atom stereocenters. The topological polar surface area (TPSA) is 47.3 Å². The lowest BCUT2D eigenvalue weighted by Gasteiger charge is -2.02. The van der Waals surface area contributed by atoms with Crippen molar-refractivity contribution in [3.8, 4) is 0 Å². The molecule has 0 saturated heterocycles. The molecule has 1 aromatic heterocycles. The Bertz CT molecular complexity index is 699. The fourth-order valence-corrected chi connectivity index (χ4v) is 3.95. The molecule has 0 saturated carbocycles. The molecular weight excluding hydrogens is 308 g/mol. The first-order valence-electron chi connectivity index (χ1n) is 8.39. The average molecular weight is 334 g/mol. The minimum atomic E-state index is -3.34. The molecule has 0 aliphatic heterocycles. The van der Waals surface area contributed by atoms with Crippen molar-refractivity contribution in [2.24, 2.45) is 0 Å². The van der Waals surface area contributed by atoms with E-state index in [1.165, 1.54) is 25.7 Å². The van der Waals surface area contributed by atoms with E-state index >= 15 is 0 Å². The lowest BCUT2D eigenvalue weighted by Crippen LogP contribution is -2.03. The van der Waals surface area contributed by atoms with E-state index in [9.17, 15) is 8.42 Å². The number of furan rings is 1. The van der Waals surface area contributed by atoms with Crippen LogP contribution in [-0.4, -0.2) is 8.42 Å². The van der Waals surface area contributed by atoms with Gasteiger partial charge in [0, 0.05) is 6.42 Å². The molecule has 0 bridgehead atoms. The lowest BCUT2D eigenvalue weighted by atomic mass is 10.1. The normalized spacial score (nSPS) is 11.7. The Morgan fingerprint density at radius 2 is 1.70 bits per heavy atom. The van der Waals surface area contributed by atoms with Gasteiger partial charge in [-0.3, -0.25) is 0 Å². The van der Waals surface area contributed by atoms with Crippen LogP contribution in [-0.2, 0) is 22.0 Å². The first-order chi connectivity index (χ1) is 11.0. The molecule has 0 amide bonds. The van der Waals surface area contributed by atoms with E-state index < -0.39 is 9.84 Å². The first kappa shape index (κ1) is 17.8. The van der Waals surface area contributed by atoms with Gasteiger partial charge in [-0.05, 0) is 37.1 Å². The van der Waals surface area contributed by atoms with Crippen molar-refractivity contribution in [1.82, 2.24) is 0 Å². The van der Waals surface area contributed by atoms with Crippen LogP contribution in [0.25, 0.3) is 0 Å². The summed E-state index contributed by atoms with van der Waals surface area (Å²) in [6.45, 7) is 4.19. The van der Waals surface area contributed by atoms with Crippen LogP contribution in [0.3, 0.4) is 0 Å². The van der Waals surface area contributed by atoms with Crippen molar-refractivity contribution in [2.45, 2.75) is 63.0 Å². The zero-order valence-electron chi connectivity index (χ0n) is 14.0. The molecular formula is C19H26O3S. The predicted octanol–water partition coefficient (Wildman–Crippen LogP) is 5.07. The monoisotopic (exact) mass is 334 g/mol. The molecule has 0 spiro atoms. The van der Waals surface area contributed by atoms with Crippen molar-refractivity contribution in [3.63, 3.8) is 0 Å². The van der Waals surface area contributed by atoms with E-state index in [1.807, 2.05) is 19.1 Å². The van der Waals surface area contributed by atoms with Crippen LogP contribution in [0.15, 0.2) is 45.7 Å². The van der Waals surface area contributed by atoms with Crippen LogP contribution in [0.2, 0.25) is 0 Å². The molecule has 0 aliphatic rings. The van der Waals surface area contributed by atoms with Gasteiger partial charge in [0.25, 0.3) is 0 Å². The molecule has 23 heavy (non-hydrogen) atoms. The Kier molecular flexibility index (Phi) is 6.46. The van der Waals surface area contributed by atoms with Gasteiger partial charge in [-0.1, -0.05) is 50.8 Å². The van der Waals surface area contributed by atoms with Crippen molar-refractivity contribution < 1.29 is 12.8 Å². The number of rotatable bonds is 9. The number of hydrogen-bond acceptors (Lipinski definition) is 3. The fraction of sp³-hybridized carbons (Fsp3) is 0.474. The molecule has 0 radical (unpaired) electrons. The van der Waals surface area contributed by atoms with Gasteiger partial charge < -0.3 is 4.42 Å². The third kappa shape index (κ3) is 5.24. The van der Waals surface area contributed by atoms with Gasteiger partial charge in [0.05, 0.1) is 4.90 Å².